The predicted molar refractivity (Wildman–Crippen MR) is 71.9 cm³/mol. The highest BCUT2D eigenvalue weighted by molar-refractivity contribution is 5.75. The molecule has 17 heavy (non-hydrogen) atoms. The zero-order valence-electron chi connectivity index (χ0n) is 11.7. The second kappa shape index (κ2) is 9.46. The van der Waals surface area contributed by atoms with Gasteiger partial charge in [0.2, 0.25) is 5.91 Å². The standard InChI is InChI=1S/C14H29NO2/c1-4-7-8-9-10-11-13(16)15-12-14(17,5-2)6-3/h17H,4-12H2,1-3H3,(H,15,16). The third-order valence-corrected chi connectivity index (χ3v) is 3.44. The van der Waals surface area contributed by atoms with E-state index >= 15 is 0 Å². The van der Waals surface area contributed by atoms with Gasteiger partial charge >= 0.3 is 0 Å². The van der Waals surface area contributed by atoms with E-state index in [1.165, 1.54) is 19.3 Å². The average Bonchev–Trinajstić information content (AvgIpc) is 2.35. The number of hydrogen-bond acceptors (Lipinski definition) is 2. The molecule has 0 saturated heterocycles. The van der Waals surface area contributed by atoms with Crippen molar-refractivity contribution in [1.29, 1.82) is 0 Å². The molecule has 0 rings (SSSR count). The van der Waals surface area contributed by atoms with Crippen molar-refractivity contribution in [3.05, 3.63) is 0 Å². The molecular weight excluding hydrogens is 214 g/mol. The van der Waals surface area contributed by atoms with Crippen LogP contribution in [0.2, 0.25) is 0 Å². The van der Waals surface area contributed by atoms with E-state index in [1.807, 2.05) is 13.8 Å². The minimum absolute atomic E-state index is 0.0711. The van der Waals surface area contributed by atoms with Crippen LogP contribution in [0, 0.1) is 0 Å². The summed E-state index contributed by atoms with van der Waals surface area (Å²) in [5, 5.41) is 12.8. The fourth-order valence-electron chi connectivity index (χ4n) is 1.74. The summed E-state index contributed by atoms with van der Waals surface area (Å²) >= 11 is 0. The van der Waals surface area contributed by atoms with Crippen LogP contribution in [0.1, 0.15) is 72.1 Å². The maximum Gasteiger partial charge on any atom is 0.220 e. The Labute approximate surface area is 106 Å². The maximum absolute atomic E-state index is 11.5. The van der Waals surface area contributed by atoms with Crippen LogP contribution in [-0.2, 0) is 4.79 Å². The molecule has 0 aromatic carbocycles. The van der Waals surface area contributed by atoms with E-state index in [1.54, 1.807) is 0 Å². The highest BCUT2D eigenvalue weighted by Gasteiger charge is 2.22. The van der Waals surface area contributed by atoms with Crippen molar-refractivity contribution < 1.29 is 9.90 Å². The first-order chi connectivity index (χ1) is 8.08. The minimum atomic E-state index is -0.724. The van der Waals surface area contributed by atoms with Crippen LogP contribution in [-0.4, -0.2) is 23.2 Å². The van der Waals surface area contributed by atoms with E-state index in [0.29, 0.717) is 25.8 Å². The van der Waals surface area contributed by atoms with Crippen LogP contribution >= 0.6 is 0 Å². The third-order valence-electron chi connectivity index (χ3n) is 3.44. The Morgan fingerprint density at radius 3 is 2.18 bits per heavy atom. The topological polar surface area (TPSA) is 49.3 Å². The molecule has 0 aromatic heterocycles. The zero-order chi connectivity index (χ0) is 13.1. The molecule has 0 heterocycles. The summed E-state index contributed by atoms with van der Waals surface area (Å²) in [6.07, 6.45) is 7.75. The molecule has 0 saturated carbocycles. The minimum Gasteiger partial charge on any atom is -0.388 e. The molecule has 0 aromatic rings. The molecule has 0 unspecified atom stereocenters. The number of amides is 1. The van der Waals surface area contributed by atoms with Gasteiger partial charge in [-0.25, -0.2) is 0 Å². The number of nitrogens with one attached hydrogen (secondary N) is 1. The summed E-state index contributed by atoms with van der Waals surface area (Å²) in [5.74, 6) is 0.0711. The van der Waals surface area contributed by atoms with Gasteiger partial charge in [0.1, 0.15) is 0 Å². The van der Waals surface area contributed by atoms with Crippen LogP contribution in [0.3, 0.4) is 0 Å². The van der Waals surface area contributed by atoms with Crippen LogP contribution in [0.5, 0.6) is 0 Å². The smallest absolute Gasteiger partial charge is 0.220 e. The molecule has 0 atom stereocenters. The first-order valence-electron chi connectivity index (χ1n) is 7.07. The summed E-state index contributed by atoms with van der Waals surface area (Å²) in [7, 11) is 0. The number of aliphatic hydroxyl groups is 1. The van der Waals surface area contributed by atoms with E-state index in [0.717, 1.165) is 12.8 Å². The zero-order valence-corrected chi connectivity index (χ0v) is 11.7. The van der Waals surface area contributed by atoms with Gasteiger partial charge in [-0.15, -0.1) is 0 Å². The Kier molecular flexibility index (Phi) is 9.14. The van der Waals surface area contributed by atoms with Crippen molar-refractivity contribution in [3.63, 3.8) is 0 Å². The van der Waals surface area contributed by atoms with Gasteiger partial charge in [-0.3, -0.25) is 4.79 Å². The molecular formula is C14H29NO2. The predicted octanol–water partition coefficient (Wildman–Crippen LogP) is 3.01. The first kappa shape index (κ1) is 16.4. The molecule has 0 aliphatic carbocycles. The number of carbonyl (C=O) groups excluding carboxylic acids is 1. The van der Waals surface area contributed by atoms with E-state index in [-0.39, 0.29) is 5.91 Å². The van der Waals surface area contributed by atoms with Crippen molar-refractivity contribution in [3.8, 4) is 0 Å². The van der Waals surface area contributed by atoms with E-state index in [2.05, 4.69) is 12.2 Å². The molecule has 0 bridgehead atoms. The van der Waals surface area contributed by atoms with Gasteiger partial charge in [0.15, 0.2) is 0 Å². The highest BCUT2D eigenvalue weighted by Crippen LogP contribution is 2.13. The molecule has 1 amide bonds. The molecule has 3 heteroatoms. The van der Waals surface area contributed by atoms with Crippen LogP contribution in [0.4, 0.5) is 0 Å². The van der Waals surface area contributed by atoms with Gasteiger partial charge in [-0.2, -0.15) is 0 Å². The van der Waals surface area contributed by atoms with Gasteiger partial charge in [0.05, 0.1) is 5.60 Å². The summed E-state index contributed by atoms with van der Waals surface area (Å²) in [4.78, 5) is 11.5. The number of rotatable bonds is 10. The fraction of sp³-hybridized carbons (Fsp3) is 0.929. The quantitative estimate of drug-likeness (QED) is 0.579. The van der Waals surface area contributed by atoms with Crippen LogP contribution in [0.25, 0.3) is 0 Å². The van der Waals surface area contributed by atoms with E-state index < -0.39 is 5.60 Å². The Morgan fingerprint density at radius 1 is 1.06 bits per heavy atom. The van der Waals surface area contributed by atoms with Crippen molar-refractivity contribution >= 4 is 5.91 Å². The van der Waals surface area contributed by atoms with Crippen LogP contribution < -0.4 is 5.32 Å². The molecule has 3 nitrogen and oxygen atoms in total. The Morgan fingerprint density at radius 2 is 1.65 bits per heavy atom. The van der Waals surface area contributed by atoms with Crippen molar-refractivity contribution in [1.82, 2.24) is 5.32 Å². The monoisotopic (exact) mass is 243 g/mol. The summed E-state index contributed by atoms with van der Waals surface area (Å²) < 4.78 is 0. The Bertz CT molecular complexity index is 200. The van der Waals surface area contributed by atoms with Crippen molar-refractivity contribution in [2.45, 2.75) is 77.7 Å². The fourth-order valence-corrected chi connectivity index (χ4v) is 1.74. The molecule has 0 spiro atoms. The average molecular weight is 243 g/mol. The maximum atomic E-state index is 11.5. The van der Waals surface area contributed by atoms with Gasteiger partial charge in [-0.1, -0.05) is 46.5 Å². The molecule has 0 aliphatic rings. The van der Waals surface area contributed by atoms with E-state index in [4.69, 9.17) is 0 Å². The second-order valence-electron chi connectivity index (χ2n) is 4.87. The van der Waals surface area contributed by atoms with Crippen molar-refractivity contribution in [2.24, 2.45) is 0 Å². The lowest BCUT2D eigenvalue weighted by Gasteiger charge is -2.25. The Balaban J connectivity index is 3.59. The number of unbranched alkanes of at least 4 members (excludes halogenated alkanes) is 4. The lowest BCUT2D eigenvalue weighted by Crippen LogP contribution is -2.41. The summed E-state index contributed by atoms with van der Waals surface area (Å²) in [6, 6.07) is 0. The van der Waals surface area contributed by atoms with Gasteiger partial charge in [-0.05, 0) is 19.3 Å². The molecule has 2 N–H and O–H groups in total. The third kappa shape index (κ3) is 8.19. The normalized spacial score (nSPS) is 11.5. The SMILES string of the molecule is CCCCCCCC(=O)NCC(O)(CC)CC. The summed E-state index contributed by atoms with van der Waals surface area (Å²) in [5.41, 5.74) is -0.724. The highest BCUT2D eigenvalue weighted by atomic mass is 16.3. The van der Waals surface area contributed by atoms with E-state index in [9.17, 15) is 9.90 Å². The number of hydrogen-bond donors (Lipinski definition) is 2. The van der Waals surface area contributed by atoms with Crippen LogP contribution in [0.15, 0.2) is 0 Å². The number of carbonyl (C=O) groups is 1. The van der Waals surface area contributed by atoms with Gasteiger partial charge in [0, 0.05) is 13.0 Å². The lowest BCUT2D eigenvalue weighted by atomic mass is 9.97. The lowest BCUT2D eigenvalue weighted by molar-refractivity contribution is -0.122. The molecule has 0 fully saturated rings. The van der Waals surface area contributed by atoms with Gasteiger partial charge < -0.3 is 10.4 Å². The largest absolute Gasteiger partial charge is 0.388 e. The molecule has 102 valence electrons. The van der Waals surface area contributed by atoms with Crippen molar-refractivity contribution in [2.75, 3.05) is 6.54 Å². The van der Waals surface area contributed by atoms with Gasteiger partial charge in [0.25, 0.3) is 0 Å². The second-order valence-corrected chi connectivity index (χ2v) is 4.87. The molecule has 0 radical (unpaired) electrons. The summed E-state index contributed by atoms with van der Waals surface area (Å²) in [6.45, 7) is 6.46. The Hall–Kier alpha value is -0.570. The first-order valence-corrected chi connectivity index (χ1v) is 7.07. The molecule has 0 aliphatic heterocycles.